The van der Waals surface area contributed by atoms with Crippen LogP contribution in [-0.2, 0) is 14.4 Å². The molecule has 0 saturated carbocycles. The Morgan fingerprint density at radius 2 is 1.80 bits per heavy atom. The van der Waals surface area contributed by atoms with Crippen molar-refractivity contribution in [3.05, 3.63) is 59.7 Å². The Labute approximate surface area is 176 Å². The third-order valence-electron chi connectivity index (χ3n) is 5.03. The van der Waals surface area contributed by atoms with Gasteiger partial charge in [0.05, 0.1) is 24.7 Å². The van der Waals surface area contributed by atoms with Crippen molar-refractivity contribution in [3.63, 3.8) is 0 Å². The number of carbonyl (C=O) groups is 3. The van der Waals surface area contributed by atoms with Gasteiger partial charge in [0.25, 0.3) is 5.91 Å². The minimum Gasteiger partial charge on any atom is -0.476 e. The Morgan fingerprint density at radius 3 is 2.43 bits per heavy atom. The van der Waals surface area contributed by atoms with Crippen molar-refractivity contribution in [2.75, 3.05) is 25.5 Å². The van der Waals surface area contributed by atoms with E-state index < -0.39 is 12.1 Å². The first-order valence-electron chi connectivity index (χ1n) is 9.87. The first kappa shape index (κ1) is 21.4. The van der Waals surface area contributed by atoms with Gasteiger partial charge in [-0.3, -0.25) is 14.4 Å². The Bertz CT molecular complexity index is 940. The summed E-state index contributed by atoms with van der Waals surface area (Å²) < 4.78 is 5.85. The number of aryl methyl sites for hydroxylation is 1. The molecule has 1 aliphatic heterocycles. The quantitative estimate of drug-likeness (QED) is 0.823. The van der Waals surface area contributed by atoms with Crippen LogP contribution in [0.4, 0.5) is 5.69 Å². The van der Waals surface area contributed by atoms with E-state index in [9.17, 15) is 14.4 Å². The summed E-state index contributed by atoms with van der Waals surface area (Å²) in [4.78, 5) is 40.6. The van der Waals surface area contributed by atoms with Gasteiger partial charge >= 0.3 is 0 Å². The average Bonchev–Trinajstić information content (AvgIpc) is 2.72. The fourth-order valence-corrected chi connectivity index (χ4v) is 3.47. The van der Waals surface area contributed by atoms with Gasteiger partial charge in [0.2, 0.25) is 11.8 Å². The van der Waals surface area contributed by atoms with E-state index >= 15 is 0 Å². The summed E-state index contributed by atoms with van der Waals surface area (Å²) in [5, 5.41) is 2.87. The van der Waals surface area contributed by atoms with E-state index in [2.05, 4.69) is 5.32 Å². The molecule has 0 aliphatic carbocycles. The third kappa shape index (κ3) is 4.79. The topological polar surface area (TPSA) is 79.0 Å². The zero-order valence-corrected chi connectivity index (χ0v) is 17.7. The zero-order chi connectivity index (χ0) is 21.8. The number of anilines is 1. The number of amides is 3. The molecule has 0 saturated heterocycles. The van der Waals surface area contributed by atoms with Gasteiger partial charge < -0.3 is 19.9 Å². The van der Waals surface area contributed by atoms with Crippen LogP contribution in [0.25, 0.3) is 0 Å². The maximum atomic E-state index is 13.3. The molecule has 0 spiro atoms. The number of nitrogens with zero attached hydrogens (tertiary/aromatic N) is 2. The fourth-order valence-electron chi connectivity index (χ4n) is 3.47. The molecule has 2 unspecified atom stereocenters. The Balaban J connectivity index is 1.88. The van der Waals surface area contributed by atoms with Crippen molar-refractivity contribution in [1.29, 1.82) is 0 Å². The van der Waals surface area contributed by atoms with Crippen molar-refractivity contribution in [2.24, 2.45) is 0 Å². The lowest BCUT2D eigenvalue weighted by molar-refractivity contribution is -0.136. The van der Waals surface area contributed by atoms with Crippen molar-refractivity contribution in [1.82, 2.24) is 10.2 Å². The first-order chi connectivity index (χ1) is 14.3. The van der Waals surface area contributed by atoms with Gasteiger partial charge in [-0.05, 0) is 24.6 Å². The molecule has 2 aromatic carbocycles. The molecule has 7 nitrogen and oxygen atoms in total. The predicted molar refractivity (Wildman–Crippen MR) is 114 cm³/mol. The molecule has 3 amide bonds. The summed E-state index contributed by atoms with van der Waals surface area (Å²) in [6, 6.07) is 14.4. The summed E-state index contributed by atoms with van der Waals surface area (Å²) in [5.41, 5.74) is 2.57. The molecular formula is C23H27N3O4. The van der Waals surface area contributed by atoms with Crippen LogP contribution < -0.4 is 15.0 Å². The highest BCUT2D eigenvalue weighted by atomic mass is 16.5. The summed E-state index contributed by atoms with van der Waals surface area (Å²) >= 11 is 0. The van der Waals surface area contributed by atoms with Gasteiger partial charge in [-0.2, -0.15) is 0 Å². The van der Waals surface area contributed by atoms with Gasteiger partial charge in [0.1, 0.15) is 5.75 Å². The van der Waals surface area contributed by atoms with E-state index in [0.717, 1.165) is 11.1 Å². The van der Waals surface area contributed by atoms with E-state index in [0.29, 0.717) is 11.4 Å². The van der Waals surface area contributed by atoms with Crippen molar-refractivity contribution in [3.8, 4) is 5.75 Å². The summed E-state index contributed by atoms with van der Waals surface area (Å²) in [5.74, 6) is -0.124. The largest absolute Gasteiger partial charge is 0.476 e. The molecule has 7 heteroatoms. The van der Waals surface area contributed by atoms with Crippen LogP contribution in [0.15, 0.2) is 48.5 Å². The molecule has 1 aliphatic rings. The number of hydrogen-bond acceptors (Lipinski definition) is 4. The van der Waals surface area contributed by atoms with Gasteiger partial charge in [-0.25, -0.2) is 0 Å². The smallest absolute Gasteiger partial charge is 0.265 e. The number of carbonyl (C=O) groups excluding carboxylic acids is 3. The molecule has 3 rings (SSSR count). The van der Waals surface area contributed by atoms with Crippen LogP contribution in [-0.4, -0.2) is 49.4 Å². The highest BCUT2D eigenvalue weighted by Gasteiger charge is 2.35. The lowest BCUT2D eigenvalue weighted by Crippen LogP contribution is -2.51. The number of nitrogens with one attached hydrogen (secondary N) is 1. The average molecular weight is 409 g/mol. The first-order valence-corrected chi connectivity index (χ1v) is 9.87. The molecule has 0 bridgehead atoms. The number of hydrogen-bond donors (Lipinski definition) is 1. The highest BCUT2D eigenvalue weighted by molar-refractivity contribution is 5.97. The lowest BCUT2D eigenvalue weighted by Gasteiger charge is -2.35. The summed E-state index contributed by atoms with van der Waals surface area (Å²) in [6.07, 6.45) is -0.711. The molecule has 2 atom stereocenters. The van der Waals surface area contributed by atoms with Crippen molar-refractivity contribution >= 4 is 23.4 Å². The molecule has 30 heavy (non-hydrogen) atoms. The Morgan fingerprint density at radius 1 is 1.13 bits per heavy atom. The Hall–Kier alpha value is -3.35. The summed E-state index contributed by atoms with van der Waals surface area (Å²) in [6.45, 7) is 3.53. The maximum Gasteiger partial charge on any atom is 0.265 e. The van der Waals surface area contributed by atoms with Crippen LogP contribution in [0.5, 0.6) is 5.75 Å². The van der Waals surface area contributed by atoms with E-state index in [1.165, 1.54) is 11.8 Å². The number of rotatable bonds is 5. The fraction of sp³-hybridized carbons (Fsp3) is 0.348. The SMILES string of the molecule is CC(=O)NC(CC(=O)N1CC(C(=O)N(C)C)Oc2ccccc21)c1ccc(C)cc1. The van der Waals surface area contributed by atoms with Crippen LogP contribution >= 0.6 is 0 Å². The van der Waals surface area contributed by atoms with Gasteiger partial charge in [0.15, 0.2) is 6.10 Å². The molecular weight excluding hydrogens is 382 g/mol. The van der Waals surface area contributed by atoms with Crippen molar-refractivity contribution < 1.29 is 19.1 Å². The molecule has 0 radical (unpaired) electrons. The Kier molecular flexibility index (Phi) is 6.40. The van der Waals surface area contributed by atoms with Crippen LogP contribution in [0, 0.1) is 6.92 Å². The predicted octanol–water partition coefficient (Wildman–Crippen LogP) is 2.44. The molecule has 1 heterocycles. The van der Waals surface area contributed by atoms with Crippen LogP contribution in [0.1, 0.15) is 30.5 Å². The van der Waals surface area contributed by atoms with E-state index in [4.69, 9.17) is 4.74 Å². The summed E-state index contributed by atoms with van der Waals surface area (Å²) in [7, 11) is 3.31. The van der Waals surface area contributed by atoms with E-state index in [1.807, 2.05) is 37.3 Å². The van der Waals surface area contributed by atoms with Gasteiger partial charge in [-0.15, -0.1) is 0 Å². The molecule has 2 aromatic rings. The number of benzene rings is 2. The molecule has 158 valence electrons. The van der Waals surface area contributed by atoms with Gasteiger partial charge in [0, 0.05) is 21.0 Å². The second-order valence-corrected chi connectivity index (χ2v) is 7.68. The number of fused-ring (bicyclic) bond motifs is 1. The second-order valence-electron chi connectivity index (χ2n) is 7.68. The molecule has 1 N–H and O–H groups in total. The molecule has 0 aromatic heterocycles. The second kappa shape index (κ2) is 8.98. The van der Waals surface area contributed by atoms with E-state index in [-0.39, 0.29) is 30.7 Å². The van der Waals surface area contributed by atoms with E-state index in [1.54, 1.807) is 37.2 Å². The maximum absolute atomic E-state index is 13.3. The number of ether oxygens (including phenoxy) is 1. The lowest BCUT2D eigenvalue weighted by atomic mass is 10.0. The minimum atomic E-state index is -0.780. The minimum absolute atomic E-state index is 0.0693. The van der Waals surface area contributed by atoms with Gasteiger partial charge in [-0.1, -0.05) is 42.0 Å². The van der Waals surface area contributed by atoms with Crippen molar-refractivity contribution in [2.45, 2.75) is 32.4 Å². The molecule has 0 fully saturated rings. The highest BCUT2D eigenvalue weighted by Crippen LogP contribution is 2.34. The zero-order valence-electron chi connectivity index (χ0n) is 17.7. The van der Waals surface area contributed by atoms with Crippen LogP contribution in [0.3, 0.4) is 0 Å². The number of para-hydroxylation sites is 2. The third-order valence-corrected chi connectivity index (χ3v) is 5.03. The number of likely N-dealkylation sites (N-methyl/N-ethyl adjacent to an activating group) is 1. The normalized spacial score (nSPS) is 16.1. The monoisotopic (exact) mass is 409 g/mol. The van der Waals surface area contributed by atoms with Crippen LogP contribution in [0.2, 0.25) is 0 Å². The standard InChI is InChI=1S/C23H27N3O4/c1-15-9-11-17(12-10-15)18(24-16(2)27)13-22(28)26-14-21(23(29)25(3)4)30-20-8-6-5-7-19(20)26/h5-12,18,21H,13-14H2,1-4H3,(H,24,27).